The maximum atomic E-state index is 13.9. The molecule has 0 unspecified atom stereocenters. The quantitative estimate of drug-likeness (QED) is 0.745. The summed E-state index contributed by atoms with van der Waals surface area (Å²) in [6.07, 6.45) is -4.11. The second kappa shape index (κ2) is 7.06. The summed E-state index contributed by atoms with van der Waals surface area (Å²) >= 11 is 0. The third-order valence-corrected chi connectivity index (χ3v) is 2.96. The van der Waals surface area contributed by atoms with Gasteiger partial charge in [-0.2, -0.15) is 0 Å². The van der Waals surface area contributed by atoms with Crippen LogP contribution in [0, 0.1) is 11.6 Å². The van der Waals surface area contributed by atoms with Crippen LogP contribution in [-0.2, 0) is 0 Å². The van der Waals surface area contributed by atoms with E-state index in [0.29, 0.717) is 6.07 Å². The fraction of sp³-hybridized carbons (Fsp3) is 0.375. The van der Waals surface area contributed by atoms with Gasteiger partial charge in [0.25, 0.3) is 0 Å². The molecule has 7 heteroatoms. The number of alkyl halides is 1. The largest absolute Gasteiger partial charge is 0.508 e. The Morgan fingerprint density at radius 1 is 1.04 bits per heavy atom. The Hall–Kier alpha value is -1.99. The number of hydrogen-bond acceptors (Lipinski definition) is 4. The summed E-state index contributed by atoms with van der Waals surface area (Å²) < 4.78 is 44.7. The van der Waals surface area contributed by atoms with Crippen molar-refractivity contribution in [1.29, 1.82) is 0 Å². The van der Waals surface area contributed by atoms with E-state index < -0.39 is 23.6 Å². The van der Waals surface area contributed by atoms with Gasteiger partial charge in [0.2, 0.25) is 0 Å². The van der Waals surface area contributed by atoms with Crippen LogP contribution in [0.15, 0.2) is 18.2 Å². The zero-order valence-electron chi connectivity index (χ0n) is 13.2. The van der Waals surface area contributed by atoms with E-state index in [1.807, 2.05) is 13.8 Å². The summed E-state index contributed by atoms with van der Waals surface area (Å²) in [5, 5.41) is 26.5. The third kappa shape index (κ3) is 4.27. The smallest absolute Gasteiger partial charge is 0.492 e. The molecule has 0 radical (unpaired) electrons. The van der Waals surface area contributed by atoms with Crippen LogP contribution in [0.25, 0.3) is 10.8 Å². The molecule has 0 amide bonds. The summed E-state index contributed by atoms with van der Waals surface area (Å²) in [4.78, 5) is 0. The van der Waals surface area contributed by atoms with Gasteiger partial charge in [-0.1, -0.05) is 27.7 Å². The Bertz CT molecular complexity index is 694. The molecule has 0 aliphatic heterocycles. The zero-order chi connectivity index (χ0) is 17.9. The highest BCUT2D eigenvalue weighted by molar-refractivity contribution is 5.93. The molecule has 3 N–H and O–H groups in total. The molecule has 2 aromatic rings. The molecule has 0 fully saturated rings. The van der Waals surface area contributed by atoms with Crippen molar-refractivity contribution >= 4 is 10.8 Å². The van der Waals surface area contributed by atoms with E-state index in [1.165, 1.54) is 6.07 Å². The molecule has 4 nitrogen and oxygen atoms in total. The summed E-state index contributed by atoms with van der Waals surface area (Å²) in [6, 6.07) is 2.66. The highest BCUT2D eigenvalue weighted by atomic mass is 19.2. The molecule has 23 heavy (non-hydrogen) atoms. The predicted octanol–water partition coefficient (Wildman–Crippen LogP) is 3.92. The minimum absolute atomic E-state index is 0.176. The first-order valence-electron chi connectivity index (χ1n) is 7.07. The predicted molar refractivity (Wildman–Crippen MR) is 79.9 cm³/mol. The van der Waals surface area contributed by atoms with E-state index in [-0.39, 0.29) is 28.0 Å². The van der Waals surface area contributed by atoms with Gasteiger partial charge in [-0.15, -0.1) is 4.39 Å². The summed E-state index contributed by atoms with van der Waals surface area (Å²) in [5.74, 6) is -3.69. The van der Waals surface area contributed by atoms with Gasteiger partial charge in [0.05, 0.1) is 0 Å². The fourth-order valence-electron chi connectivity index (χ4n) is 2.15. The molecule has 0 atom stereocenters. The van der Waals surface area contributed by atoms with Crippen molar-refractivity contribution in [2.24, 2.45) is 0 Å². The molecule has 2 aromatic carbocycles. The Morgan fingerprint density at radius 2 is 1.61 bits per heavy atom. The minimum atomic E-state index is -4.11. The van der Waals surface area contributed by atoms with Crippen LogP contribution in [-0.4, -0.2) is 21.5 Å². The average molecular weight is 332 g/mol. The van der Waals surface area contributed by atoms with Crippen LogP contribution in [0.2, 0.25) is 0 Å². The first kappa shape index (κ1) is 19.1. The minimum Gasteiger partial charge on any atom is -0.508 e. The molecule has 0 spiro atoms. The van der Waals surface area contributed by atoms with Gasteiger partial charge >= 0.3 is 6.23 Å². The first-order chi connectivity index (χ1) is 10.6. The lowest BCUT2D eigenvalue weighted by molar-refractivity contribution is -0.375. The number of halogens is 3. The molecule has 0 aromatic heterocycles. The lowest BCUT2D eigenvalue weighted by atomic mass is 9.94. The van der Waals surface area contributed by atoms with E-state index >= 15 is 0 Å². The van der Waals surface area contributed by atoms with E-state index in [9.17, 15) is 18.3 Å². The number of phenols is 1. The molecule has 0 heterocycles. The number of hydrogen-bond donors (Lipinski definition) is 3. The van der Waals surface area contributed by atoms with Crippen LogP contribution >= 0.6 is 0 Å². The van der Waals surface area contributed by atoms with Gasteiger partial charge in [0, 0.05) is 16.8 Å². The maximum Gasteiger partial charge on any atom is 0.492 e. The second-order valence-corrected chi connectivity index (χ2v) is 4.91. The van der Waals surface area contributed by atoms with Gasteiger partial charge in [0.1, 0.15) is 11.6 Å². The molecule has 0 aliphatic rings. The third-order valence-electron chi connectivity index (χ3n) is 2.96. The summed E-state index contributed by atoms with van der Waals surface area (Å²) in [5.41, 5.74) is 0.266. The number of aliphatic hydroxyl groups is 2. The normalized spacial score (nSPS) is 11.4. The number of benzene rings is 2. The molecular formula is C16H19F3O4. The lowest BCUT2D eigenvalue weighted by Gasteiger charge is -2.19. The molecule has 0 aliphatic carbocycles. The molecular weight excluding hydrogens is 313 g/mol. The van der Waals surface area contributed by atoms with Crippen molar-refractivity contribution in [3.05, 3.63) is 35.4 Å². The highest BCUT2D eigenvalue weighted by Crippen LogP contribution is 2.40. The van der Waals surface area contributed by atoms with Gasteiger partial charge in [0.15, 0.2) is 11.6 Å². The standard InChI is InChI=1S/C14H13F3O4.C2H6/c1-6(2)8-3-7(18)4-9-10(15)5-11(16)13(12(8)9)21-14(17,19)20;1-2/h3-6,18-20H,1-2H3;1-2H3. The van der Waals surface area contributed by atoms with Crippen molar-refractivity contribution in [2.75, 3.05) is 0 Å². The van der Waals surface area contributed by atoms with E-state index in [0.717, 1.165) is 6.07 Å². The van der Waals surface area contributed by atoms with Gasteiger partial charge in [-0.05, 0) is 23.6 Å². The SMILES string of the molecule is CC.CC(C)c1cc(O)cc2c(F)cc(F)c(OC(O)(O)F)c12. The topological polar surface area (TPSA) is 69.9 Å². The Kier molecular flexibility index (Phi) is 5.85. The molecule has 128 valence electrons. The Morgan fingerprint density at radius 3 is 2.09 bits per heavy atom. The average Bonchev–Trinajstić information content (AvgIpc) is 2.43. The maximum absolute atomic E-state index is 13.9. The van der Waals surface area contributed by atoms with Crippen LogP contribution in [0.5, 0.6) is 11.5 Å². The van der Waals surface area contributed by atoms with Crippen molar-refractivity contribution < 1.29 is 33.2 Å². The van der Waals surface area contributed by atoms with Crippen molar-refractivity contribution in [3.8, 4) is 11.5 Å². The number of phenolic OH excluding ortho intramolecular Hbond substituents is 1. The number of aromatic hydroxyl groups is 1. The number of ether oxygens (including phenoxy) is 1. The van der Waals surface area contributed by atoms with E-state index in [2.05, 4.69) is 4.74 Å². The van der Waals surface area contributed by atoms with Gasteiger partial charge in [-0.25, -0.2) is 8.78 Å². The molecule has 0 saturated heterocycles. The second-order valence-electron chi connectivity index (χ2n) is 4.91. The summed E-state index contributed by atoms with van der Waals surface area (Å²) in [6.45, 7) is 7.36. The van der Waals surface area contributed by atoms with Crippen LogP contribution in [0.1, 0.15) is 39.2 Å². The number of fused-ring (bicyclic) bond motifs is 1. The monoisotopic (exact) mass is 332 g/mol. The first-order valence-corrected chi connectivity index (χ1v) is 7.07. The van der Waals surface area contributed by atoms with Gasteiger partial charge in [-0.3, -0.25) is 0 Å². The Labute approximate surface area is 131 Å². The lowest BCUT2D eigenvalue weighted by Crippen LogP contribution is -2.29. The van der Waals surface area contributed by atoms with Crippen molar-refractivity contribution in [3.63, 3.8) is 0 Å². The van der Waals surface area contributed by atoms with Crippen LogP contribution < -0.4 is 4.74 Å². The van der Waals surface area contributed by atoms with Crippen molar-refractivity contribution in [2.45, 2.75) is 39.8 Å². The zero-order valence-corrected chi connectivity index (χ0v) is 13.2. The van der Waals surface area contributed by atoms with Crippen LogP contribution in [0.4, 0.5) is 13.2 Å². The van der Waals surface area contributed by atoms with Gasteiger partial charge < -0.3 is 20.1 Å². The fourth-order valence-corrected chi connectivity index (χ4v) is 2.15. The highest BCUT2D eigenvalue weighted by Gasteiger charge is 2.29. The number of rotatable bonds is 3. The molecule has 0 saturated carbocycles. The van der Waals surface area contributed by atoms with Crippen LogP contribution in [0.3, 0.4) is 0 Å². The Balaban J connectivity index is 0.00000127. The van der Waals surface area contributed by atoms with E-state index in [4.69, 9.17) is 10.2 Å². The summed E-state index contributed by atoms with van der Waals surface area (Å²) in [7, 11) is 0. The van der Waals surface area contributed by atoms with Crippen molar-refractivity contribution in [1.82, 2.24) is 0 Å². The van der Waals surface area contributed by atoms with E-state index in [1.54, 1.807) is 13.8 Å². The molecule has 2 rings (SSSR count). The molecule has 0 bridgehead atoms.